The quantitative estimate of drug-likeness (QED) is 0.674. The van der Waals surface area contributed by atoms with Crippen LogP contribution in [-0.2, 0) is 6.67 Å². The first-order chi connectivity index (χ1) is 5.24. The maximum absolute atomic E-state index is 11.0. The fourth-order valence-electron chi connectivity index (χ4n) is 0.756. The fraction of sp³-hybridized carbons (Fsp3) is 0.571. The van der Waals surface area contributed by atoms with Gasteiger partial charge in [0.05, 0.1) is 6.67 Å². The van der Waals surface area contributed by atoms with Crippen LogP contribution in [0.1, 0.15) is 6.92 Å². The molecule has 0 saturated carbocycles. The van der Waals surface area contributed by atoms with Gasteiger partial charge in [0.15, 0.2) is 0 Å². The van der Waals surface area contributed by atoms with Gasteiger partial charge in [0, 0.05) is 11.6 Å². The van der Waals surface area contributed by atoms with E-state index in [4.69, 9.17) is 0 Å². The van der Waals surface area contributed by atoms with Crippen LogP contribution in [0, 0.1) is 0 Å². The van der Waals surface area contributed by atoms with Gasteiger partial charge < -0.3 is 0 Å². The van der Waals surface area contributed by atoms with E-state index in [0.717, 1.165) is 6.54 Å². The molecule has 1 aromatic heterocycles. The monoisotopic (exact) mass is 172 g/mol. The van der Waals surface area contributed by atoms with E-state index in [0.29, 0.717) is 6.67 Å². The smallest absolute Gasteiger partial charge is 0.292 e. The van der Waals surface area contributed by atoms with E-state index in [1.165, 1.54) is 11.3 Å². The van der Waals surface area contributed by atoms with Crippen molar-refractivity contribution in [1.82, 2.24) is 9.47 Å². The average Bonchev–Trinajstić information content (AvgIpc) is 2.37. The van der Waals surface area contributed by atoms with E-state index in [1.807, 2.05) is 18.6 Å². The highest BCUT2D eigenvalue weighted by Gasteiger charge is 1.98. The lowest BCUT2D eigenvalue weighted by atomic mass is 10.6. The molecule has 1 rings (SSSR count). The van der Waals surface area contributed by atoms with Crippen LogP contribution in [0.3, 0.4) is 0 Å². The third-order valence-electron chi connectivity index (χ3n) is 1.58. The van der Waals surface area contributed by atoms with Gasteiger partial charge in [-0.2, -0.15) is 0 Å². The summed E-state index contributed by atoms with van der Waals surface area (Å²) in [6.45, 7) is 3.72. The van der Waals surface area contributed by atoms with Gasteiger partial charge in [0.1, 0.15) is 0 Å². The van der Waals surface area contributed by atoms with E-state index < -0.39 is 0 Å². The molecule has 0 aliphatic carbocycles. The van der Waals surface area contributed by atoms with Gasteiger partial charge in [-0.05, 0) is 13.6 Å². The molecule has 0 aromatic carbocycles. The predicted molar refractivity (Wildman–Crippen MR) is 46.9 cm³/mol. The number of nitrogens with zero attached hydrogens (tertiary/aromatic N) is 2. The van der Waals surface area contributed by atoms with Gasteiger partial charge in [-0.15, -0.1) is 0 Å². The summed E-state index contributed by atoms with van der Waals surface area (Å²) >= 11 is 1.24. The minimum absolute atomic E-state index is 0.116. The first kappa shape index (κ1) is 8.49. The maximum atomic E-state index is 11.0. The van der Waals surface area contributed by atoms with Crippen LogP contribution in [0.15, 0.2) is 16.4 Å². The van der Waals surface area contributed by atoms with E-state index in [2.05, 4.69) is 11.8 Å². The van der Waals surface area contributed by atoms with Gasteiger partial charge in [-0.3, -0.25) is 14.3 Å². The number of aromatic nitrogens is 1. The maximum Gasteiger partial charge on any atom is 0.308 e. The lowest BCUT2D eigenvalue weighted by molar-refractivity contribution is 0.280. The van der Waals surface area contributed by atoms with Gasteiger partial charge in [0.2, 0.25) is 0 Å². The largest absolute Gasteiger partial charge is 0.308 e. The van der Waals surface area contributed by atoms with E-state index in [-0.39, 0.29) is 4.87 Å². The zero-order chi connectivity index (χ0) is 8.27. The zero-order valence-corrected chi connectivity index (χ0v) is 7.60. The molecule has 0 N–H and O–H groups in total. The Bertz CT molecular complexity index is 265. The summed E-state index contributed by atoms with van der Waals surface area (Å²) in [6.07, 6.45) is 1.82. The summed E-state index contributed by atoms with van der Waals surface area (Å²) in [5.41, 5.74) is 0. The summed E-state index contributed by atoms with van der Waals surface area (Å²) in [5, 5.41) is 1.81. The van der Waals surface area contributed by atoms with Crippen molar-refractivity contribution in [3.63, 3.8) is 0 Å². The second-order valence-corrected chi connectivity index (χ2v) is 3.31. The third-order valence-corrected chi connectivity index (χ3v) is 2.27. The van der Waals surface area contributed by atoms with E-state index in [1.54, 1.807) is 4.57 Å². The average molecular weight is 172 g/mol. The van der Waals surface area contributed by atoms with Crippen LogP contribution < -0.4 is 4.87 Å². The van der Waals surface area contributed by atoms with Crippen molar-refractivity contribution in [1.29, 1.82) is 0 Å². The molecule has 4 heteroatoms. The van der Waals surface area contributed by atoms with Gasteiger partial charge in [-0.1, -0.05) is 18.3 Å². The molecule has 0 fully saturated rings. The molecule has 11 heavy (non-hydrogen) atoms. The summed E-state index contributed by atoms with van der Waals surface area (Å²) in [4.78, 5) is 13.2. The third kappa shape index (κ3) is 2.17. The molecule has 0 spiro atoms. The normalized spacial score (nSPS) is 10.8. The lowest BCUT2D eigenvalue weighted by Crippen LogP contribution is -2.26. The van der Waals surface area contributed by atoms with Crippen molar-refractivity contribution < 1.29 is 0 Å². The molecule has 0 bridgehead atoms. The molecule has 0 unspecified atom stereocenters. The summed E-state index contributed by atoms with van der Waals surface area (Å²) in [7, 11) is 1.99. The van der Waals surface area contributed by atoms with Crippen LogP contribution in [0.2, 0.25) is 0 Å². The van der Waals surface area contributed by atoms with Crippen LogP contribution in [-0.4, -0.2) is 23.1 Å². The highest BCUT2D eigenvalue weighted by atomic mass is 32.1. The topological polar surface area (TPSA) is 25.2 Å². The molecular formula is C7H12N2OS. The van der Waals surface area contributed by atoms with E-state index in [9.17, 15) is 4.79 Å². The first-order valence-electron chi connectivity index (χ1n) is 3.56. The standard InChI is InChI=1S/C7H12N2OS/c1-3-8(2)6-9-4-5-11-7(9)10/h4-5H,3,6H2,1-2H3. The summed E-state index contributed by atoms with van der Waals surface area (Å²) < 4.78 is 1.70. The Morgan fingerprint density at radius 3 is 2.91 bits per heavy atom. The predicted octanol–water partition coefficient (Wildman–Crippen LogP) is 0.819. The molecular weight excluding hydrogens is 160 g/mol. The zero-order valence-electron chi connectivity index (χ0n) is 6.78. The Morgan fingerprint density at radius 2 is 2.45 bits per heavy atom. The van der Waals surface area contributed by atoms with Crippen molar-refractivity contribution >= 4 is 11.3 Å². The molecule has 0 aliphatic rings. The van der Waals surface area contributed by atoms with Gasteiger partial charge in [-0.25, -0.2) is 0 Å². The Morgan fingerprint density at radius 1 is 1.73 bits per heavy atom. The second kappa shape index (κ2) is 3.69. The van der Waals surface area contributed by atoms with Crippen molar-refractivity contribution in [2.24, 2.45) is 0 Å². The molecule has 3 nitrogen and oxygen atoms in total. The number of hydrogen-bond acceptors (Lipinski definition) is 3. The molecule has 0 saturated heterocycles. The van der Waals surface area contributed by atoms with Crippen molar-refractivity contribution in [2.75, 3.05) is 13.6 Å². The number of hydrogen-bond donors (Lipinski definition) is 0. The summed E-state index contributed by atoms with van der Waals surface area (Å²) in [5.74, 6) is 0. The Labute approximate surface area is 69.9 Å². The van der Waals surface area contributed by atoms with Crippen molar-refractivity contribution in [3.05, 3.63) is 21.2 Å². The van der Waals surface area contributed by atoms with Crippen LogP contribution in [0.25, 0.3) is 0 Å². The molecule has 0 aliphatic heterocycles. The Kier molecular flexibility index (Phi) is 2.84. The number of thiazole rings is 1. The number of rotatable bonds is 3. The minimum Gasteiger partial charge on any atom is -0.292 e. The van der Waals surface area contributed by atoms with Crippen molar-refractivity contribution in [3.8, 4) is 0 Å². The Balaban J connectivity index is 2.64. The SMILES string of the molecule is CCN(C)Cn1ccsc1=O. The summed E-state index contributed by atoms with van der Waals surface area (Å²) in [6, 6.07) is 0. The van der Waals surface area contributed by atoms with Crippen LogP contribution >= 0.6 is 11.3 Å². The Hall–Kier alpha value is -0.610. The minimum atomic E-state index is 0.116. The molecule has 0 atom stereocenters. The molecule has 0 amide bonds. The van der Waals surface area contributed by atoms with Crippen LogP contribution in [0.5, 0.6) is 0 Å². The van der Waals surface area contributed by atoms with E-state index >= 15 is 0 Å². The molecule has 1 aromatic rings. The van der Waals surface area contributed by atoms with Crippen LogP contribution in [0.4, 0.5) is 0 Å². The molecule has 0 radical (unpaired) electrons. The highest BCUT2D eigenvalue weighted by Crippen LogP contribution is 1.91. The molecule has 62 valence electrons. The van der Waals surface area contributed by atoms with Gasteiger partial charge in [0.25, 0.3) is 0 Å². The van der Waals surface area contributed by atoms with Crippen molar-refractivity contribution in [2.45, 2.75) is 13.6 Å². The molecule has 1 heterocycles. The fourth-order valence-corrected chi connectivity index (χ4v) is 1.33. The second-order valence-electron chi connectivity index (χ2n) is 2.45. The first-order valence-corrected chi connectivity index (χ1v) is 4.44. The van der Waals surface area contributed by atoms with Gasteiger partial charge >= 0.3 is 4.87 Å². The lowest BCUT2D eigenvalue weighted by Gasteiger charge is -2.12. The highest BCUT2D eigenvalue weighted by molar-refractivity contribution is 7.07.